The van der Waals surface area contributed by atoms with Gasteiger partial charge >= 0.3 is 5.97 Å². The van der Waals surface area contributed by atoms with Crippen LogP contribution in [0.2, 0.25) is 0 Å². The summed E-state index contributed by atoms with van der Waals surface area (Å²) in [7, 11) is 1.57. The second-order valence-electron chi connectivity index (χ2n) is 4.45. The van der Waals surface area contributed by atoms with Gasteiger partial charge < -0.3 is 15.2 Å². The van der Waals surface area contributed by atoms with Crippen molar-refractivity contribution in [2.45, 2.75) is 19.9 Å². The fraction of sp³-hybridized carbons (Fsp3) is 0.462. The lowest BCUT2D eigenvalue weighted by molar-refractivity contribution is 0.0697. The molecule has 18 heavy (non-hydrogen) atoms. The Morgan fingerprint density at radius 1 is 1.50 bits per heavy atom. The summed E-state index contributed by atoms with van der Waals surface area (Å²) in [6, 6.07) is 3.61. The SMILES string of the molecule is COCC(Nc1cc(C(=O)O)ccc1F)C(C)C. The van der Waals surface area contributed by atoms with Crippen molar-refractivity contribution in [1.82, 2.24) is 0 Å². The molecular formula is C13H18FNO3. The average molecular weight is 255 g/mol. The van der Waals surface area contributed by atoms with E-state index in [0.717, 1.165) is 6.07 Å². The van der Waals surface area contributed by atoms with Gasteiger partial charge in [-0.2, -0.15) is 0 Å². The fourth-order valence-electron chi connectivity index (χ4n) is 1.55. The van der Waals surface area contributed by atoms with E-state index in [1.165, 1.54) is 12.1 Å². The van der Waals surface area contributed by atoms with Gasteiger partial charge in [0.05, 0.1) is 23.9 Å². The van der Waals surface area contributed by atoms with E-state index >= 15 is 0 Å². The highest BCUT2D eigenvalue weighted by Gasteiger charge is 2.16. The lowest BCUT2D eigenvalue weighted by Gasteiger charge is -2.23. The van der Waals surface area contributed by atoms with E-state index < -0.39 is 11.8 Å². The van der Waals surface area contributed by atoms with Crippen LogP contribution in [-0.4, -0.2) is 30.8 Å². The monoisotopic (exact) mass is 255 g/mol. The number of aromatic carboxylic acids is 1. The van der Waals surface area contributed by atoms with Crippen molar-refractivity contribution in [1.29, 1.82) is 0 Å². The Kier molecular flexibility index (Phi) is 5.09. The minimum absolute atomic E-state index is 0.0545. The molecule has 5 heteroatoms. The molecule has 1 aromatic rings. The van der Waals surface area contributed by atoms with Crippen molar-refractivity contribution >= 4 is 11.7 Å². The van der Waals surface area contributed by atoms with Crippen molar-refractivity contribution in [3.8, 4) is 0 Å². The molecule has 100 valence electrons. The van der Waals surface area contributed by atoms with E-state index in [4.69, 9.17) is 9.84 Å². The third-order valence-corrected chi connectivity index (χ3v) is 2.71. The summed E-state index contributed by atoms with van der Waals surface area (Å²) in [5.41, 5.74) is 0.240. The van der Waals surface area contributed by atoms with Gasteiger partial charge in [-0.15, -0.1) is 0 Å². The standard InChI is InChI=1S/C13H18FNO3/c1-8(2)12(7-18-3)15-11-6-9(13(16)17)4-5-10(11)14/h4-6,8,12,15H,7H2,1-3H3,(H,16,17). The van der Waals surface area contributed by atoms with Gasteiger partial charge in [-0.3, -0.25) is 0 Å². The van der Waals surface area contributed by atoms with Crippen LogP contribution in [0.25, 0.3) is 0 Å². The van der Waals surface area contributed by atoms with Gasteiger partial charge in [0.25, 0.3) is 0 Å². The van der Waals surface area contributed by atoms with E-state index in [1.54, 1.807) is 7.11 Å². The summed E-state index contributed by atoms with van der Waals surface area (Å²) in [4.78, 5) is 10.8. The molecule has 0 saturated carbocycles. The molecule has 1 rings (SSSR count). The highest BCUT2D eigenvalue weighted by Crippen LogP contribution is 2.19. The van der Waals surface area contributed by atoms with E-state index in [9.17, 15) is 9.18 Å². The molecule has 0 aliphatic rings. The fourth-order valence-corrected chi connectivity index (χ4v) is 1.55. The van der Waals surface area contributed by atoms with Crippen molar-refractivity contribution in [3.05, 3.63) is 29.6 Å². The van der Waals surface area contributed by atoms with Crippen molar-refractivity contribution < 1.29 is 19.0 Å². The molecule has 0 radical (unpaired) electrons. The molecule has 0 fully saturated rings. The number of nitrogens with one attached hydrogen (secondary N) is 1. The maximum Gasteiger partial charge on any atom is 0.335 e. The molecular weight excluding hydrogens is 237 g/mol. The second-order valence-corrected chi connectivity index (χ2v) is 4.45. The summed E-state index contributed by atoms with van der Waals surface area (Å²) in [6.45, 7) is 4.39. The number of rotatable bonds is 6. The molecule has 2 N–H and O–H groups in total. The Morgan fingerprint density at radius 3 is 2.67 bits per heavy atom. The predicted molar refractivity (Wildman–Crippen MR) is 67.5 cm³/mol. The van der Waals surface area contributed by atoms with Gasteiger partial charge in [0.15, 0.2) is 0 Å². The number of anilines is 1. The minimum Gasteiger partial charge on any atom is -0.478 e. The highest BCUT2D eigenvalue weighted by molar-refractivity contribution is 5.88. The maximum absolute atomic E-state index is 13.6. The zero-order chi connectivity index (χ0) is 13.7. The molecule has 4 nitrogen and oxygen atoms in total. The zero-order valence-corrected chi connectivity index (χ0v) is 10.7. The van der Waals surface area contributed by atoms with Crippen LogP contribution in [0.3, 0.4) is 0 Å². The van der Waals surface area contributed by atoms with Crippen LogP contribution >= 0.6 is 0 Å². The molecule has 0 spiro atoms. The van der Waals surface area contributed by atoms with E-state index in [0.29, 0.717) is 6.61 Å². The molecule has 0 amide bonds. The first-order valence-corrected chi connectivity index (χ1v) is 5.74. The first kappa shape index (κ1) is 14.4. The third kappa shape index (κ3) is 3.70. The van der Waals surface area contributed by atoms with Gasteiger partial charge in [0, 0.05) is 7.11 Å². The number of hydrogen-bond donors (Lipinski definition) is 2. The van der Waals surface area contributed by atoms with Gasteiger partial charge in [0.2, 0.25) is 0 Å². The molecule has 1 unspecified atom stereocenters. The van der Waals surface area contributed by atoms with Crippen LogP contribution < -0.4 is 5.32 Å². The number of halogens is 1. The van der Waals surface area contributed by atoms with Crippen LogP contribution in [0.15, 0.2) is 18.2 Å². The van der Waals surface area contributed by atoms with Gasteiger partial charge in [-0.25, -0.2) is 9.18 Å². The lowest BCUT2D eigenvalue weighted by atomic mass is 10.0. The molecule has 0 bridgehead atoms. The molecule has 0 saturated heterocycles. The Morgan fingerprint density at radius 2 is 2.17 bits per heavy atom. The normalized spacial score (nSPS) is 12.5. The minimum atomic E-state index is -1.08. The number of hydrogen-bond acceptors (Lipinski definition) is 3. The van der Waals surface area contributed by atoms with Gasteiger partial charge in [-0.1, -0.05) is 13.8 Å². The molecule has 1 aromatic carbocycles. The average Bonchev–Trinajstić information content (AvgIpc) is 2.30. The number of benzene rings is 1. The van der Waals surface area contributed by atoms with Gasteiger partial charge in [-0.05, 0) is 24.1 Å². The van der Waals surface area contributed by atoms with Gasteiger partial charge in [0.1, 0.15) is 5.82 Å². The summed E-state index contributed by atoms with van der Waals surface area (Å²) < 4.78 is 18.7. The molecule has 0 aliphatic carbocycles. The van der Waals surface area contributed by atoms with Crippen LogP contribution in [0, 0.1) is 11.7 Å². The second kappa shape index (κ2) is 6.35. The van der Waals surface area contributed by atoms with E-state index in [2.05, 4.69) is 5.32 Å². The molecule has 1 atom stereocenters. The Labute approximate surface area is 106 Å². The van der Waals surface area contributed by atoms with Crippen LogP contribution in [-0.2, 0) is 4.74 Å². The number of carbonyl (C=O) groups is 1. The number of carboxylic acids is 1. The molecule has 0 heterocycles. The summed E-state index contributed by atoms with van der Waals surface area (Å²) >= 11 is 0. The van der Waals surface area contributed by atoms with Crippen molar-refractivity contribution in [3.63, 3.8) is 0 Å². The Hall–Kier alpha value is -1.62. The zero-order valence-electron chi connectivity index (χ0n) is 10.7. The van der Waals surface area contributed by atoms with Crippen LogP contribution in [0.1, 0.15) is 24.2 Å². The summed E-state index contributed by atoms with van der Waals surface area (Å²) in [6.07, 6.45) is 0. The number of carboxylic acid groups (broad SMARTS) is 1. The first-order chi connectivity index (χ1) is 8.45. The molecule has 0 aliphatic heterocycles. The molecule has 0 aromatic heterocycles. The lowest BCUT2D eigenvalue weighted by Crippen LogP contribution is -2.30. The van der Waals surface area contributed by atoms with E-state index in [1.807, 2.05) is 13.8 Å². The number of ether oxygens (including phenoxy) is 1. The summed E-state index contributed by atoms with van der Waals surface area (Å²) in [5.74, 6) is -1.31. The Balaban J connectivity index is 2.93. The van der Waals surface area contributed by atoms with E-state index in [-0.39, 0.29) is 23.2 Å². The third-order valence-electron chi connectivity index (χ3n) is 2.71. The summed E-state index contributed by atoms with van der Waals surface area (Å²) in [5, 5.41) is 11.9. The van der Waals surface area contributed by atoms with Crippen molar-refractivity contribution in [2.75, 3.05) is 19.0 Å². The van der Waals surface area contributed by atoms with Crippen molar-refractivity contribution in [2.24, 2.45) is 5.92 Å². The predicted octanol–water partition coefficient (Wildman–Crippen LogP) is 2.61. The number of methoxy groups -OCH3 is 1. The van der Waals surface area contributed by atoms with Crippen LogP contribution in [0.5, 0.6) is 0 Å². The Bertz CT molecular complexity index is 421. The maximum atomic E-state index is 13.6. The smallest absolute Gasteiger partial charge is 0.335 e. The highest BCUT2D eigenvalue weighted by atomic mass is 19.1. The topological polar surface area (TPSA) is 58.6 Å². The largest absolute Gasteiger partial charge is 0.478 e. The van der Waals surface area contributed by atoms with Crippen LogP contribution in [0.4, 0.5) is 10.1 Å². The first-order valence-electron chi connectivity index (χ1n) is 5.74. The quantitative estimate of drug-likeness (QED) is 0.820.